The molecule has 5 rings (SSSR count). The molecule has 1 aromatic carbocycles. The zero-order valence-electron chi connectivity index (χ0n) is 19.0. The summed E-state index contributed by atoms with van der Waals surface area (Å²) in [5, 5.41) is 8.29. The minimum absolute atomic E-state index is 0.0193. The SMILES string of the molecule is Cn1cc(Cn2c(=O)c3cc(N(S(=O)O)C4(CF)CC4)ccc3n(Cc3ncnn3C)c2=O)cn1. The molecule has 3 aromatic heterocycles. The van der Waals surface area contributed by atoms with Crippen LogP contribution in [0, 0.1) is 0 Å². The number of aromatic nitrogens is 7. The first-order valence-electron chi connectivity index (χ1n) is 10.8. The lowest BCUT2D eigenvalue weighted by Crippen LogP contribution is -2.42. The van der Waals surface area contributed by atoms with Crippen molar-refractivity contribution in [1.82, 2.24) is 33.7 Å². The number of benzene rings is 1. The van der Waals surface area contributed by atoms with Gasteiger partial charge in [-0.1, -0.05) is 0 Å². The van der Waals surface area contributed by atoms with E-state index in [4.69, 9.17) is 0 Å². The molecule has 0 amide bonds. The fraction of sp³-hybridized carbons (Fsp3) is 0.381. The third kappa shape index (κ3) is 3.97. The molecular weight excluding hydrogens is 479 g/mol. The summed E-state index contributed by atoms with van der Waals surface area (Å²) >= 11 is -2.50. The second-order valence-electron chi connectivity index (χ2n) is 8.67. The van der Waals surface area contributed by atoms with Gasteiger partial charge in [0, 0.05) is 25.9 Å². The van der Waals surface area contributed by atoms with E-state index in [1.54, 1.807) is 31.2 Å². The predicted molar refractivity (Wildman–Crippen MR) is 126 cm³/mol. The maximum absolute atomic E-state index is 13.8. The number of fused-ring (bicyclic) bond motifs is 1. The predicted octanol–water partition coefficient (Wildman–Crippen LogP) is 0.567. The van der Waals surface area contributed by atoms with Crippen LogP contribution in [0.5, 0.6) is 0 Å². The molecule has 1 fully saturated rings. The van der Waals surface area contributed by atoms with Crippen LogP contribution in [0.2, 0.25) is 0 Å². The van der Waals surface area contributed by atoms with Gasteiger partial charge in [-0.15, -0.1) is 0 Å². The Morgan fingerprint density at radius 3 is 2.51 bits per heavy atom. The van der Waals surface area contributed by atoms with Crippen molar-refractivity contribution in [3.05, 3.63) is 69.1 Å². The highest BCUT2D eigenvalue weighted by Crippen LogP contribution is 2.45. The zero-order chi connectivity index (χ0) is 24.9. The lowest BCUT2D eigenvalue weighted by Gasteiger charge is -2.28. The van der Waals surface area contributed by atoms with Crippen molar-refractivity contribution in [3.8, 4) is 0 Å². The first-order chi connectivity index (χ1) is 16.7. The number of aryl methyl sites for hydroxylation is 2. The van der Waals surface area contributed by atoms with Crippen LogP contribution in [0.1, 0.15) is 24.2 Å². The highest BCUT2D eigenvalue weighted by molar-refractivity contribution is 7.80. The zero-order valence-corrected chi connectivity index (χ0v) is 19.9. The summed E-state index contributed by atoms with van der Waals surface area (Å²) in [6.07, 6.45) is 5.48. The van der Waals surface area contributed by atoms with Crippen LogP contribution in [0.3, 0.4) is 0 Å². The average molecular weight is 503 g/mol. The van der Waals surface area contributed by atoms with E-state index in [9.17, 15) is 22.7 Å². The van der Waals surface area contributed by atoms with E-state index in [1.807, 2.05) is 0 Å². The lowest BCUT2D eigenvalue weighted by atomic mass is 10.2. The van der Waals surface area contributed by atoms with Crippen LogP contribution in [0.15, 0.2) is 46.5 Å². The van der Waals surface area contributed by atoms with Crippen molar-refractivity contribution in [1.29, 1.82) is 0 Å². The Kier molecular flexibility index (Phi) is 5.63. The first kappa shape index (κ1) is 23.1. The minimum Gasteiger partial charge on any atom is -0.289 e. The Balaban J connectivity index is 1.73. The normalized spacial score (nSPS) is 15.4. The largest absolute Gasteiger partial charge is 0.332 e. The second kappa shape index (κ2) is 8.53. The highest BCUT2D eigenvalue weighted by atomic mass is 32.2. The Morgan fingerprint density at radius 1 is 1.17 bits per heavy atom. The van der Waals surface area contributed by atoms with E-state index in [2.05, 4.69) is 15.2 Å². The van der Waals surface area contributed by atoms with Crippen LogP contribution in [0.25, 0.3) is 10.9 Å². The van der Waals surface area contributed by atoms with Crippen LogP contribution < -0.4 is 15.6 Å². The van der Waals surface area contributed by atoms with Gasteiger partial charge in [0.25, 0.3) is 16.8 Å². The monoisotopic (exact) mass is 502 g/mol. The van der Waals surface area contributed by atoms with Gasteiger partial charge >= 0.3 is 5.69 Å². The van der Waals surface area contributed by atoms with Gasteiger partial charge < -0.3 is 0 Å². The van der Waals surface area contributed by atoms with Crippen molar-refractivity contribution >= 4 is 27.9 Å². The summed E-state index contributed by atoms with van der Waals surface area (Å²) in [5.74, 6) is 0.497. The van der Waals surface area contributed by atoms with Crippen molar-refractivity contribution in [2.45, 2.75) is 31.5 Å². The summed E-state index contributed by atoms with van der Waals surface area (Å²) in [5.41, 5.74) is -0.995. The number of rotatable bonds is 8. The van der Waals surface area contributed by atoms with Gasteiger partial charge in [0.2, 0.25) is 0 Å². The molecule has 0 spiro atoms. The van der Waals surface area contributed by atoms with Gasteiger partial charge in [-0.25, -0.2) is 18.4 Å². The maximum Gasteiger partial charge on any atom is 0.332 e. The Labute approximate surface area is 200 Å². The van der Waals surface area contributed by atoms with Crippen LogP contribution >= 0.6 is 0 Å². The molecule has 1 aliphatic carbocycles. The minimum atomic E-state index is -2.50. The smallest absolute Gasteiger partial charge is 0.289 e. The Bertz CT molecular complexity index is 1570. The molecule has 35 heavy (non-hydrogen) atoms. The lowest BCUT2D eigenvalue weighted by molar-refractivity contribution is 0.413. The standard InChI is InChI=1S/C21H23FN8O4S/c1-26-9-14(8-24-26)10-29-19(31)16-7-15(30(35(33)34)21(12-22)5-6-21)3-4-17(16)28(20(29)32)11-18-23-13-25-27(18)2/h3-4,7-9,13H,5-6,10-12H2,1-2H3,(H,33,34). The third-order valence-corrected chi connectivity index (χ3v) is 7.22. The summed E-state index contributed by atoms with van der Waals surface area (Å²) in [6.45, 7) is -0.772. The molecule has 3 heterocycles. The molecule has 4 aromatic rings. The second-order valence-corrected chi connectivity index (χ2v) is 9.49. The van der Waals surface area contributed by atoms with Gasteiger partial charge in [0.1, 0.15) is 18.8 Å². The van der Waals surface area contributed by atoms with Gasteiger partial charge in [-0.05, 0) is 31.0 Å². The average Bonchev–Trinajstić information content (AvgIpc) is 3.33. The molecule has 0 radical (unpaired) electrons. The van der Waals surface area contributed by atoms with Gasteiger partial charge in [-0.3, -0.25) is 32.2 Å². The van der Waals surface area contributed by atoms with E-state index in [0.717, 1.165) is 8.87 Å². The molecule has 1 unspecified atom stereocenters. The summed E-state index contributed by atoms with van der Waals surface area (Å²) in [7, 11) is 3.42. The van der Waals surface area contributed by atoms with Crippen LogP contribution in [0.4, 0.5) is 10.1 Å². The van der Waals surface area contributed by atoms with Crippen molar-refractivity contribution in [3.63, 3.8) is 0 Å². The maximum atomic E-state index is 13.8. The van der Waals surface area contributed by atoms with Crippen LogP contribution in [-0.4, -0.2) is 54.7 Å². The fourth-order valence-corrected chi connectivity index (χ4v) is 5.09. The number of hydrogen-bond acceptors (Lipinski definition) is 6. The van der Waals surface area contributed by atoms with E-state index in [0.29, 0.717) is 29.7 Å². The van der Waals surface area contributed by atoms with E-state index in [1.165, 1.54) is 33.8 Å². The fourth-order valence-electron chi connectivity index (χ4n) is 4.24. The Morgan fingerprint density at radius 2 is 1.94 bits per heavy atom. The van der Waals surface area contributed by atoms with E-state index in [-0.39, 0.29) is 24.2 Å². The van der Waals surface area contributed by atoms with Crippen molar-refractivity contribution in [2.75, 3.05) is 11.0 Å². The number of nitrogens with zero attached hydrogens (tertiary/aromatic N) is 8. The third-order valence-electron chi connectivity index (χ3n) is 6.31. The number of alkyl halides is 1. The summed E-state index contributed by atoms with van der Waals surface area (Å²) < 4.78 is 42.5. The number of anilines is 1. The topological polar surface area (TPSA) is 133 Å². The number of hydrogen-bond donors (Lipinski definition) is 1. The molecule has 1 aliphatic rings. The quantitative estimate of drug-likeness (QED) is 0.348. The highest BCUT2D eigenvalue weighted by Gasteiger charge is 2.51. The molecule has 184 valence electrons. The molecule has 12 nitrogen and oxygen atoms in total. The van der Waals surface area contributed by atoms with Crippen LogP contribution in [-0.2, 0) is 38.5 Å². The molecule has 1 saturated carbocycles. The van der Waals surface area contributed by atoms with Gasteiger partial charge in [0.15, 0.2) is 0 Å². The molecule has 1 atom stereocenters. The van der Waals surface area contributed by atoms with Gasteiger partial charge in [0.05, 0.1) is 41.4 Å². The van der Waals surface area contributed by atoms with Crippen molar-refractivity contribution in [2.24, 2.45) is 14.1 Å². The molecule has 1 N–H and O–H groups in total. The molecule has 14 heteroatoms. The first-order valence-corrected chi connectivity index (χ1v) is 11.9. The summed E-state index contributed by atoms with van der Waals surface area (Å²) in [4.78, 5) is 31.2. The Hall–Kier alpha value is -3.65. The molecule has 0 bridgehead atoms. The molecule has 0 saturated heterocycles. The molecular formula is C21H23FN8O4S. The number of halogens is 1. The van der Waals surface area contributed by atoms with Gasteiger partial charge in [-0.2, -0.15) is 10.2 Å². The van der Waals surface area contributed by atoms with E-state index < -0.39 is 34.7 Å². The molecule has 0 aliphatic heterocycles. The summed E-state index contributed by atoms with van der Waals surface area (Å²) in [6, 6.07) is 4.49. The van der Waals surface area contributed by atoms with Crippen molar-refractivity contribution < 1.29 is 13.2 Å². The van der Waals surface area contributed by atoms with E-state index >= 15 is 0 Å².